The summed E-state index contributed by atoms with van der Waals surface area (Å²) in [6.07, 6.45) is 7.06. The van der Waals surface area contributed by atoms with Crippen molar-refractivity contribution in [2.24, 2.45) is 5.92 Å². The molecule has 1 aromatic carbocycles. The molecule has 0 amide bonds. The molecule has 1 saturated carbocycles. The highest BCUT2D eigenvalue weighted by molar-refractivity contribution is 5.14. The van der Waals surface area contributed by atoms with Crippen LogP contribution in [0.2, 0.25) is 0 Å². The average molecular weight is 261 g/mol. The summed E-state index contributed by atoms with van der Waals surface area (Å²) in [5.41, 5.74) is 1.40. The van der Waals surface area contributed by atoms with Gasteiger partial charge in [-0.25, -0.2) is 0 Å². The van der Waals surface area contributed by atoms with Crippen molar-refractivity contribution >= 4 is 0 Å². The molecule has 0 saturated heterocycles. The van der Waals surface area contributed by atoms with Gasteiger partial charge in [-0.05, 0) is 43.7 Å². The molecule has 0 heterocycles. The maximum atomic E-state index is 9.71. The fourth-order valence-corrected chi connectivity index (χ4v) is 3.31. The topological polar surface area (TPSA) is 32.3 Å². The van der Waals surface area contributed by atoms with Crippen molar-refractivity contribution in [1.82, 2.24) is 5.32 Å². The molecule has 2 rings (SSSR count). The Hall–Kier alpha value is -0.860. The SMILES string of the molecule is CC1CCCC(CO)(NCCCc2ccccc2)C1. The van der Waals surface area contributed by atoms with Crippen LogP contribution in [0.4, 0.5) is 0 Å². The Bertz CT molecular complexity index is 365. The Balaban J connectivity index is 1.74. The molecular formula is C17H27NO. The van der Waals surface area contributed by atoms with E-state index in [4.69, 9.17) is 0 Å². The molecule has 0 radical (unpaired) electrons. The van der Waals surface area contributed by atoms with Crippen LogP contribution in [0.25, 0.3) is 0 Å². The Morgan fingerprint density at radius 2 is 2.11 bits per heavy atom. The van der Waals surface area contributed by atoms with Crippen LogP contribution in [0, 0.1) is 5.92 Å². The zero-order chi connectivity index (χ0) is 13.6. The van der Waals surface area contributed by atoms with Crippen molar-refractivity contribution in [3.63, 3.8) is 0 Å². The van der Waals surface area contributed by atoms with E-state index in [0.717, 1.165) is 38.1 Å². The van der Waals surface area contributed by atoms with Crippen molar-refractivity contribution in [2.75, 3.05) is 13.2 Å². The van der Waals surface area contributed by atoms with E-state index in [2.05, 4.69) is 42.6 Å². The molecule has 19 heavy (non-hydrogen) atoms. The molecule has 1 aliphatic carbocycles. The Morgan fingerprint density at radius 1 is 1.32 bits per heavy atom. The van der Waals surface area contributed by atoms with E-state index in [1.165, 1.54) is 18.4 Å². The molecular weight excluding hydrogens is 234 g/mol. The molecule has 1 aliphatic rings. The average Bonchev–Trinajstić information content (AvgIpc) is 2.45. The number of aliphatic hydroxyl groups excluding tert-OH is 1. The summed E-state index contributed by atoms with van der Waals surface area (Å²) < 4.78 is 0. The first-order chi connectivity index (χ1) is 9.24. The molecule has 0 bridgehead atoms. The normalized spacial score (nSPS) is 27.4. The van der Waals surface area contributed by atoms with Crippen LogP contribution in [0.1, 0.15) is 44.6 Å². The Labute approximate surface area is 117 Å². The monoisotopic (exact) mass is 261 g/mol. The molecule has 2 atom stereocenters. The molecule has 2 nitrogen and oxygen atoms in total. The van der Waals surface area contributed by atoms with Crippen LogP contribution in [0.15, 0.2) is 30.3 Å². The first-order valence-electron chi connectivity index (χ1n) is 7.64. The quantitative estimate of drug-likeness (QED) is 0.771. The lowest BCUT2D eigenvalue weighted by Gasteiger charge is -2.39. The second-order valence-electron chi connectivity index (χ2n) is 6.16. The standard InChI is InChI=1S/C17H27NO/c1-15-7-5-11-17(13-15,14-19)18-12-6-10-16-8-3-2-4-9-16/h2-4,8-9,15,18-19H,5-7,10-14H2,1H3. The molecule has 2 unspecified atom stereocenters. The molecule has 0 aliphatic heterocycles. The highest BCUT2D eigenvalue weighted by atomic mass is 16.3. The molecule has 1 fully saturated rings. The molecule has 2 N–H and O–H groups in total. The third kappa shape index (κ3) is 4.32. The maximum absolute atomic E-state index is 9.71. The van der Waals surface area contributed by atoms with Crippen molar-refractivity contribution in [2.45, 2.75) is 51.0 Å². The van der Waals surface area contributed by atoms with Crippen LogP contribution in [0.5, 0.6) is 0 Å². The predicted octanol–water partition coefficient (Wildman–Crippen LogP) is 3.15. The van der Waals surface area contributed by atoms with Crippen LogP contribution in [0.3, 0.4) is 0 Å². The fourth-order valence-electron chi connectivity index (χ4n) is 3.31. The minimum absolute atomic E-state index is 0.00560. The van der Waals surface area contributed by atoms with E-state index in [-0.39, 0.29) is 12.1 Å². The Kier molecular flexibility index (Phi) is 5.41. The van der Waals surface area contributed by atoms with E-state index >= 15 is 0 Å². The van der Waals surface area contributed by atoms with Gasteiger partial charge in [0.15, 0.2) is 0 Å². The minimum Gasteiger partial charge on any atom is -0.394 e. The van der Waals surface area contributed by atoms with Crippen molar-refractivity contribution in [1.29, 1.82) is 0 Å². The zero-order valence-electron chi connectivity index (χ0n) is 12.1. The predicted molar refractivity (Wildman–Crippen MR) is 80.2 cm³/mol. The van der Waals surface area contributed by atoms with Crippen LogP contribution in [-0.4, -0.2) is 23.8 Å². The van der Waals surface area contributed by atoms with Gasteiger partial charge < -0.3 is 10.4 Å². The van der Waals surface area contributed by atoms with E-state index < -0.39 is 0 Å². The summed E-state index contributed by atoms with van der Waals surface area (Å²) in [6.45, 7) is 3.58. The van der Waals surface area contributed by atoms with E-state index in [0.29, 0.717) is 0 Å². The van der Waals surface area contributed by atoms with Crippen molar-refractivity contribution in [3.8, 4) is 0 Å². The molecule has 0 spiro atoms. The van der Waals surface area contributed by atoms with E-state index in [1.807, 2.05) is 0 Å². The second-order valence-corrected chi connectivity index (χ2v) is 6.16. The third-order valence-electron chi connectivity index (χ3n) is 4.38. The van der Waals surface area contributed by atoms with Gasteiger partial charge in [-0.3, -0.25) is 0 Å². The fraction of sp³-hybridized carbons (Fsp3) is 0.647. The van der Waals surface area contributed by atoms with Crippen molar-refractivity contribution < 1.29 is 5.11 Å². The number of aliphatic hydroxyl groups is 1. The number of hydrogen-bond donors (Lipinski definition) is 2. The van der Waals surface area contributed by atoms with E-state index in [1.54, 1.807) is 0 Å². The lowest BCUT2D eigenvalue weighted by molar-refractivity contribution is 0.0998. The van der Waals surface area contributed by atoms with Gasteiger partial charge in [0.2, 0.25) is 0 Å². The minimum atomic E-state index is -0.00560. The van der Waals surface area contributed by atoms with Crippen LogP contribution >= 0.6 is 0 Å². The lowest BCUT2D eigenvalue weighted by atomic mass is 9.77. The molecule has 0 aromatic heterocycles. The van der Waals surface area contributed by atoms with E-state index in [9.17, 15) is 5.11 Å². The van der Waals surface area contributed by atoms with Crippen LogP contribution < -0.4 is 5.32 Å². The van der Waals surface area contributed by atoms with Crippen molar-refractivity contribution in [3.05, 3.63) is 35.9 Å². The summed E-state index contributed by atoms with van der Waals surface area (Å²) in [7, 11) is 0. The molecule has 106 valence electrons. The van der Waals surface area contributed by atoms with Gasteiger partial charge in [0.25, 0.3) is 0 Å². The van der Waals surface area contributed by atoms with Crippen LogP contribution in [-0.2, 0) is 6.42 Å². The van der Waals surface area contributed by atoms with Gasteiger partial charge in [0.1, 0.15) is 0 Å². The van der Waals surface area contributed by atoms with Gasteiger partial charge in [0, 0.05) is 5.54 Å². The summed E-state index contributed by atoms with van der Waals surface area (Å²) in [6, 6.07) is 10.6. The third-order valence-corrected chi connectivity index (χ3v) is 4.38. The highest BCUT2D eigenvalue weighted by Crippen LogP contribution is 2.31. The number of hydrogen-bond acceptors (Lipinski definition) is 2. The Morgan fingerprint density at radius 3 is 2.79 bits per heavy atom. The summed E-state index contributed by atoms with van der Waals surface area (Å²) in [5.74, 6) is 0.738. The van der Waals surface area contributed by atoms with Gasteiger partial charge in [-0.1, -0.05) is 50.1 Å². The smallest absolute Gasteiger partial charge is 0.0613 e. The lowest BCUT2D eigenvalue weighted by Crippen LogP contribution is -2.51. The largest absolute Gasteiger partial charge is 0.394 e. The van der Waals surface area contributed by atoms with Gasteiger partial charge in [-0.15, -0.1) is 0 Å². The number of aryl methyl sites for hydroxylation is 1. The highest BCUT2D eigenvalue weighted by Gasteiger charge is 2.33. The summed E-state index contributed by atoms with van der Waals surface area (Å²) in [5, 5.41) is 13.3. The first-order valence-corrected chi connectivity index (χ1v) is 7.64. The van der Waals surface area contributed by atoms with Gasteiger partial charge in [0.05, 0.1) is 6.61 Å². The zero-order valence-corrected chi connectivity index (χ0v) is 12.1. The first kappa shape index (κ1) is 14.5. The van der Waals surface area contributed by atoms with Gasteiger partial charge >= 0.3 is 0 Å². The number of benzene rings is 1. The second kappa shape index (κ2) is 7.06. The molecule has 2 heteroatoms. The molecule has 1 aromatic rings. The maximum Gasteiger partial charge on any atom is 0.0613 e. The summed E-state index contributed by atoms with van der Waals surface area (Å²) in [4.78, 5) is 0. The number of rotatable bonds is 6. The number of nitrogens with one attached hydrogen (secondary N) is 1. The van der Waals surface area contributed by atoms with Gasteiger partial charge in [-0.2, -0.15) is 0 Å². The summed E-state index contributed by atoms with van der Waals surface area (Å²) >= 11 is 0.